The lowest BCUT2D eigenvalue weighted by atomic mass is 10.1. The summed E-state index contributed by atoms with van der Waals surface area (Å²) in [5.41, 5.74) is 2.22. The first-order valence-corrected chi connectivity index (χ1v) is 5.10. The molecule has 1 aromatic rings. The van der Waals surface area contributed by atoms with Gasteiger partial charge in [0.25, 0.3) is 0 Å². The molecular weight excluding hydrogens is 188 g/mol. The Morgan fingerprint density at radius 2 is 2.00 bits per heavy atom. The van der Waals surface area contributed by atoms with Gasteiger partial charge in [-0.05, 0) is 25.8 Å². The summed E-state index contributed by atoms with van der Waals surface area (Å²) < 4.78 is 4.83. The molecule has 0 aliphatic rings. The van der Waals surface area contributed by atoms with Crippen LogP contribution in [0.1, 0.15) is 19.4 Å². The smallest absolute Gasteiger partial charge is 0.330 e. The molecule has 0 atom stereocenters. The van der Waals surface area contributed by atoms with Crippen molar-refractivity contribution in [3.63, 3.8) is 0 Å². The molecule has 2 nitrogen and oxygen atoms in total. The van der Waals surface area contributed by atoms with E-state index in [4.69, 9.17) is 4.74 Å². The van der Waals surface area contributed by atoms with Gasteiger partial charge in [-0.3, -0.25) is 0 Å². The fourth-order valence-corrected chi connectivity index (χ4v) is 1.35. The first kappa shape index (κ1) is 11.5. The van der Waals surface area contributed by atoms with Crippen LogP contribution < -0.4 is 0 Å². The van der Waals surface area contributed by atoms with E-state index in [9.17, 15) is 4.79 Å². The molecular formula is C13H16O2. The fourth-order valence-electron chi connectivity index (χ4n) is 1.35. The molecule has 0 saturated carbocycles. The summed E-state index contributed by atoms with van der Waals surface area (Å²) in [6, 6.07) is 10.1. The maximum Gasteiger partial charge on any atom is 0.330 e. The normalized spacial score (nSPS) is 11.2. The van der Waals surface area contributed by atoms with Crippen LogP contribution in [-0.2, 0) is 16.0 Å². The Hall–Kier alpha value is -1.57. The summed E-state index contributed by atoms with van der Waals surface area (Å²) >= 11 is 0. The summed E-state index contributed by atoms with van der Waals surface area (Å²) in [7, 11) is 0. The second kappa shape index (κ2) is 6.02. The lowest BCUT2D eigenvalue weighted by Crippen LogP contribution is -2.01. The summed E-state index contributed by atoms with van der Waals surface area (Å²) in [6.45, 7) is 4.16. The highest BCUT2D eigenvalue weighted by Gasteiger charge is 1.99. The molecule has 0 saturated heterocycles. The standard InChI is InChI=1S/C13H16O2/c1-3-15-13(14)10-11(2)9-12-7-5-4-6-8-12/h4-8,10H,3,9H2,1-2H3. The molecule has 80 valence electrons. The second-order valence-corrected chi connectivity index (χ2v) is 3.41. The highest BCUT2D eigenvalue weighted by atomic mass is 16.5. The van der Waals surface area contributed by atoms with Gasteiger partial charge >= 0.3 is 5.97 Å². The Kier molecular flexibility index (Phi) is 4.61. The van der Waals surface area contributed by atoms with Crippen molar-refractivity contribution in [1.82, 2.24) is 0 Å². The van der Waals surface area contributed by atoms with Gasteiger partial charge in [0.05, 0.1) is 6.61 Å². The van der Waals surface area contributed by atoms with Crippen molar-refractivity contribution in [2.75, 3.05) is 6.61 Å². The Morgan fingerprint density at radius 1 is 1.33 bits per heavy atom. The third kappa shape index (κ3) is 4.45. The molecule has 2 heteroatoms. The Labute approximate surface area is 90.6 Å². The highest BCUT2D eigenvalue weighted by molar-refractivity contribution is 5.82. The van der Waals surface area contributed by atoms with Crippen LogP contribution in [0.15, 0.2) is 42.0 Å². The molecule has 0 aromatic heterocycles. The van der Waals surface area contributed by atoms with Gasteiger partial charge in [0.15, 0.2) is 0 Å². The zero-order valence-corrected chi connectivity index (χ0v) is 9.19. The van der Waals surface area contributed by atoms with Crippen LogP contribution in [-0.4, -0.2) is 12.6 Å². The van der Waals surface area contributed by atoms with Gasteiger partial charge in [-0.2, -0.15) is 0 Å². The fraction of sp³-hybridized carbons (Fsp3) is 0.308. The molecule has 0 radical (unpaired) electrons. The number of ether oxygens (including phenoxy) is 1. The van der Waals surface area contributed by atoms with Crippen LogP contribution in [0.25, 0.3) is 0 Å². The minimum atomic E-state index is -0.258. The number of esters is 1. The van der Waals surface area contributed by atoms with E-state index in [0.29, 0.717) is 6.61 Å². The van der Waals surface area contributed by atoms with Gasteiger partial charge in [-0.25, -0.2) is 4.79 Å². The molecule has 0 spiro atoms. The predicted octanol–water partition coefficient (Wildman–Crippen LogP) is 2.74. The predicted molar refractivity (Wildman–Crippen MR) is 60.5 cm³/mol. The number of carbonyl (C=O) groups is 1. The molecule has 1 aromatic carbocycles. The number of allylic oxidation sites excluding steroid dienone is 1. The zero-order valence-electron chi connectivity index (χ0n) is 9.19. The molecule has 15 heavy (non-hydrogen) atoms. The van der Waals surface area contributed by atoms with E-state index in [2.05, 4.69) is 0 Å². The van der Waals surface area contributed by atoms with E-state index in [1.165, 1.54) is 5.56 Å². The average Bonchev–Trinajstić information content (AvgIpc) is 2.19. The Morgan fingerprint density at radius 3 is 2.60 bits per heavy atom. The van der Waals surface area contributed by atoms with E-state index in [-0.39, 0.29) is 5.97 Å². The second-order valence-electron chi connectivity index (χ2n) is 3.41. The van der Waals surface area contributed by atoms with Crippen molar-refractivity contribution in [3.05, 3.63) is 47.5 Å². The molecule has 1 rings (SSSR count). The van der Waals surface area contributed by atoms with Gasteiger partial charge < -0.3 is 4.74 Å². The lowest BCUT2D eigenvalue weighted by Gasteiger charge is -2.01. The van der Waals surface area contributed by atoms with Crippen molar-refractivity contribution < 1.29 is 9.53 Å². The van der Waals surface area contributed by atoms with Crippen molar-refractivity contribution in [1.29, 1.82) is 0 Å². The third-order valence-corrected chi connectivity index (χ3v) is 1.98. The van der Waals surface area contributed by atoms with Gasteiger partial charge in [0.2, 0.25) is 0 Å². The van der Waals surface area contributed by atoms with E-state index >= 15 is 0 Å². The molecule has 0 heterocycles. The lowest BCUT2D eigenvalue weighted by molar-refractivity contribution is -0.137. The number of carbonyl (C=O) groups excluding carboxylic acids is 1. The summed E-state index contributed by atoms with van der Waals surface area (Å²) in [5.74, 6) is -0.258. The van der Waals surface area contributed by atoms with Crippen molar-refractivity contribution in [2.24, 2.45) is 0 Å². The number of benzene rings is 1. The van der Waals surface area contributed by atoms with Gasteiger partial charge in [-0.15, -0.1) is 0 Å². The van der Waals surface area contributed by atoms with E-state index in [0.717, 1.165) is 12.0 Å². The highest BCUT2D eigenvalue weighted by Crippen LogP contribution is 2.07. The van der Waals surface area contributed by atoms with Crippen molar-refractivity contribution in [2.45, 2.75) is 20.3 Å². The first-order chi connectivity index (χ1) is 7.22. The third-order valence-electron chi connectivity index (χ3n) is 1.98. The molecule has 0 aliphatic carbocycles. The van der Waals surface area contributed by atoms with Crippen LogP contribution in [0.2, 0.25) is 0 Å². The van der Waals surface area contributed by atoms with E-state index in [1.807, 2.05) is 37.3 Å². The molecule has 0 unspecified atom stereocenters. The topological polar surface area (TPSA) is 26.3 Å². The van der Waals surface area contributed by atoms with Gasteiger partial charge in [-0.1, -0.05) is 35.9 Å². The Balaban J connectivity index is 2.55. The zero-order chi connectivity index (χ0) is 11.1. The van der Waals surface area contributed by atoms with Crippen molar-refractivity contribution >= 4 is 5.97 Å². The SMILES string of the molecule is CCOC(=O)C=C(C)Cc1ccccc1. The summed E-state index contributed by atoms with van der Waals surface area (Å²) in [6.07, 6.45) is 2.34. The minimum absolute atomic E-state index is 0.258. The maximum absolute atomic E-state index is 11.1. The van der Waals surface area contributed by atoms with Crippen LogP contribution >= 0.6 is 0 Å². The van der Waals surface area contributed by atoms with E-state index < -0.39 is 0 Å². The van der Waals surface area contributed by atoms with Crippen LogP contribution in [0, 0.1) is 0 Å². The average molecular weight is 204 g/mol. The summed E-state index contributed by atoms with van der Waals surface area (Å²) in [4.78, 5) is 11.1. The largest absolute Gasteiger partial charge is 0.463 e. The molecule has 0 N–H and O–H groups in total. The summed E-state index contributed by atoms with van der Waals surface area (Å²) in [5, 5.41) is 0. The first-order valence-electron chi connectivity index (χ1n) is 5.10. The minimum Gasteiger partial charge on any atom is -0.463 e. The molecule has 0 fully saturated rings. The molecule has 0 bridgehead atoms. The van der Waals surface area contributed by atoms with Crippen molar-refractivity contribution in [3.8, 4) is 0 Å². The van der Waals surface area contributed by atoms with Crippen LogP contribution in [0.4, 0.5) is 0 Å². The maximum atomic E-state index is 11.1. The monoisotopic (exact) mass is 204 g/mol. The molecule has 0 amide bonds. The van der Waals surface area contributed by atoms with E-state index in [1.54, 1.807) is 13.0 Å². The van der Waals surface area contributed by atoms with Crippen LogP contribution in [0.5, 0.6) is 0 Å². The number of hydrogen-bond acceptors (Lipinski definition) is 2. The van der Waals surface area contributed by atoms with Gasteiger partial charge in [0, 0.05) is 6.08 Å². The van der Waals surface area contributed by atoms with Gasteiger partial charge in [0.1, 0.15) is 0 Å². The molecule has 0 aliphatic heterocycles. The van der Waals surface area contributed by atoms with Crippen LogP contribution in [0.3, 0.4) is 0 Å². The Bertz CT molecular complexity index is 339. The number of rotatable bonds is 4. The number of hydrogen-bond donors (Lipinski definition) is 0. The quantitative estimate of drug-likeness (QED) is 0.557.